The second-order valence-corrected chi connectivity index (χ2v) is 6.92. The van der Waals surface area contributed by atoms with Crippen LogP contribution in [0.15, 0.2) is 23.1 Å². The fourth-order valence-electron chi connectivity index (χ4n) is 2.53. The van der Waals surface area contributed by atoms with Crippen LogP contribution in [0.25, 0.3) is 0 Å². The minimum atomic E-state index is -4.23. The van der Waals surface area contributed by atoms with Crippen LogP contribution in [-0.4, -0.2) is 56.7 Å². The number of carboxylic acids is 1. The molecular weight excluding hydrogens is 329 g/mol. The summed E-state index contributed by atoms with van der Waals surface area (Å²) in [6.45, 7) is -0.0140. The molecule has 0 aromatic heterocycles. The van der Waals surface area contributed by atoms with Gasteiger partial charge in [-0.25, -0.2) is 12.8 Å². The summed E-state index contributed by atoms with van der Waals surface area (Å²) in [5.41, 5.74) is 0. The van der Waals surface area contributed by atoms with Crippen LogP contribution in [0, 0.1) is 5.82 Å². The molecule has 1 aliphatic rings. The number of rotatable bonds is 6. The number of aliphatic carboxylic acids is 1. The van der Waals surface area contributed by atoms with E-state index in [2.05, 4.69) is 0 Å². The summed E-state index contributed by atoms with van der Waals surface area (Å²) < 4.78 is 50.5. The van der Waals surface area contributed by atoms with Crippen molar-refractivity contribution in [1.29, 1.82) is 0 Å². The fourth-order valence-corrected chi connectivity index (χ4v) is 4.34. The van der Waals surface area contributed by atoms with E-state index in [4.69, 9.17) is 14.6 Å². The number of sulfonamides is 1. The fraction of sp³-hybridized carbons (Fsp3) is 0.500. The molecule has 128 valence electrons. The Morgan fingerprint density at radius 2 is 2.09 bits per heavy atom. The minimum Gasteiger partial charge on any atom is -0.492 e. The standard InChI is InChI=1S/C14H18FNO6S/c1-21-14-11(15)3-2-4-12(14)23(19,20)16(9-13(17)18)10-5-7-22-8-6-10/h2-4,10H,5-9H2,1H3,(H,17,18). The average molecular weight is 347 g/mol. The third kappa shape index (κ3) is 3.80. The van der Waals surface area contributed by atoms with E-state index in [1.807, 2.05) is 0 Å². The van der Waals surface area contributed by atoms with Crippen LogP contribution in [-0.2, 0) is 19.6 Å². The van der Waals surface area contributed by atoms with Crippen LogP contribution in [0.5, 0.6) is 5.75 Å². The Kier molecular flexibility index (Phi) is 5.55. The molecule has 1 N–H and O–H groups in total. The van der Waals surface area contributed by atoms with Crippen LogP contribution in [0.3, 0.4) is 0 Å². The molecule has 1 aromatic carbocycles. The molecule has 1 aliphatic heterocycles. The number of nitrogens with zero attached hydrogens (tertiary/aromatic N) is 1. The van der Waals surface area contributed by atoms with E-state index in [-0.39, 0.29) is 4.90 Å². The van der Waals surface area contributed by atoms with Crippen molar-refractivity contribution in [2.75, 3.05) is 26.9 Å². The lowest BCUT2D eigenvalue weighted by Gasteiger charge is -2.32. The van der Waals surface area contributed by atoms with Gasteiger partial charge in [-0.15, -0.1) is 0 Å². The lowest BCUT2D eigenvalue weighted by atomic mass is 10.1. The summed E-state index contributed by atoms with van der Waals surface area (Å²) in [7, 11) is -3.07. The monoisotopic (exact) mass is 347 g/mol. The van der Waals surface area contributed by atoms with Gasteiger partial charge in [0.1, 0.15) is 11.4 Å². The van der Waals surface area contributed by atoms with Gasteiger partial charge >= 0.3 is 5.97 Å². The average Bonchev–Trinajstić information content (AvgIpc) is 2.53. The van der Waals surface area contributed by atoms with Crippen molar-refractivity contribution in [1.82, 2.24) is 4.31 Å². The first-order chi connectivity index (χ1) is 10.9. The first-order valence-corrected chi connectivity index (χ1v) is 8.46. The van der Waals surface area contributed by atoms with E-state index in [1.165, 1.54) is 12.1 Å². The van der Waals surface area contributed by atoms with E-state index >= 15 is 0 Å². The quantitative estimate of drug-likeness (QED) is 0.828. The molecule has 0 radical (unpaired) electrons. The number of methoxy groups -OCH3 is 1. The second-order valence-electron chi connectivity index (χ2n) is 5.06. The molecule has 1 aromatic rings. The molecule has 0 bridgehead atoms. The van der Waals surface area contributed by atoms with E-state index in [0.29, 0.717) is 26.1 Å². The summed E-state index contributed by atoms with van der Waals surface area (Å²) in [6.07, 6.45) is 0.758. The topological polar surface area (TPSA) is 93.1 Å². The maximum Gasteiger partial charge on any atom is 0.318 e. The SMILES string of the molecule is COc1c(F)cccc1S(=O)(=O)N(CC(=O)O)C1CCOCC1. The summed E-state index contributed by atoms with van der Waals surface area (Å²) in [5.74, 6) is -2.53. The zero-order valence-electron chi connectivity index (χ0n) is 12.6. The van der Waals surface area contributed by atoms with Crippen LogP contribution in [0.4, 0.5) is 4.39 Å². The van der Waals surface area contributed by atoms with E-state index in [1.54, 1.807) is 0 Å². The predicted molar refractivity (Wildman–Crippen MR) is 78.3 cm³/mol. The predicted octanol–water partition coefficient (Wildman–Crippen LogP) is 1.09. The first-order valence-electron chi connectivity index (χ1n) is 7.01. The number of para-hydroxylation sites is 1. The highest BCUT2D eigenvalue weighted by Gasteiger charge is 2.36. The molecule has 1 heterocycles. The molecule has 1 saturated heterocycles. The Labute approximate surface area is 133 Å². The number of carboxylic acid groups (broad SMARTS) is 1. The van der Waals surface area contributed by atoms with Crippen molar-refractivity contribution in [2.45, 2.75) is 23.8 Å². The van der Waals surface area contributed by atoms with Crippen molar-refractivity contribution < 1.29 is 32.2 Å². The zero-order chi connectivity index (χ0) is 17.0. The molecule has 0 aliphatic carbocycles. The molecular formula is C14H18FNO6S. The van der Waals surface area contributed by atoms with Gasteiger partial charge < -0.3 is 14.6 Å². The lowest BCUT2D eigenvalue weighted by Crippen LogP contribution is -2.46. The Hall–Kier alpha value is -1.71. The van der Waals surface area contributed by atoms with Gasteiger partial charge in [0.2, 0.25) is 10.0 Å². The Bertz CT molecular complexity index is 672. The van der Waals surface area contributed by atoms with Gasteiger partial charge in [-0.1, -0.05) is 6.07 Å². The first kappa shape index (κ1) is 17.6. The van der Waals surface area contributed by atoms with Gasteiger partial charge in [0.25, 0.3) is 0 Å². The van der Waals surface area contributed by atoms with Gasteiger partial charge in [0.05, 0.1) is 7.11 Å². The number of carbonyl (C=O) groups is 1. The van der Waals surface area contributed by atoms with Crippen LogP contribution in [0.1, 0.15) is 12.8 Å². The number of benzene rings is 1. The number of hydrogen-bond acceptors (Lipinski definition) is 5. The highest BCUT2D eigenvalue weighted by molar-refractivity contribution is 7.89. The van der Waals surface area contributed by atoms with E-state index in [0.717, 1.165) is 17.5 Å². The molecule has 0 unspecified atom stereocenters. The summed E-state index contributed by atoms with van der Waals surface area (Å²) in [5, 5.41) is 9.06. The zero-order valence-corrected chi connectivity index (χ0v) is 13.4. The molecule has 0 atom stereocenters. The van der Waals surface area contributed by atoms with Crippen molar-refractivity contribution in [3.05, 3.63) is 24.0 Å². The van der Waals surface area contributed by atoms with Gasteiger partial charge in [-0.3, -0.25) is 4.79 Å². The van der Waals surface area contributed by atoms with Gasteiger partial charge in [0, 0.05) is 19.3 Å². The summed E-state index contributed by atoms with van der Waals surface area (Å²) >= 11 is 0. The van der Waals surface area contributed by atoms with Crippen molar-refractivity contribution in [3.63, 3.8) is 0 Å². The summed E-state index contributed by atoms with van der Waals surface area (Å²) in [6, 6.07) is 3.00. The van der Waals surface area contributed by atoms with Gasteiger partial charge in [-0.05, 0) is 25.0 Å². The second kappa shape index (κ2) is 7.24. The Balaban J connectivity index is 2.47. The maximum atomic E-state index is 13.8. The lowest BCUT2D eigenvalue weighted by molar-refractivity contribution is -0.137. The van der Waals surface area contributed by atoms with Crippen molar-refractivity contribution in [3.8, 4) is 5.75 Å². The van der Waals surface area contributed by atoms with Crippen molar-refractivity contribution in [2.24, 2.45) is 0 Å². The third-order valence-electron chi connectivity index (χ3n) is 3.61. The molecule has 0 amide bonds. The normalized spacial score (nSPS) is 16.5. The van der Waals surface area contributed by atoms with E-state index < -0.39 is 40.1 Å². The molecule has 7 nitrogen and oxygen atoms in total. The van der Waals surface area contributed by atoms with Gasteiger partial charge in [0.15, 0.2) is 11.6 Å². The molecule has 1 fully saturated rings. The van der Waals surface area contributed by atoms with Crippen LogP contribution >= 0.6 is 0 Å². The van der Waals surface area contributed by atoms with Crippen molar-refractivity contribution >= 4 is 16.0 Å². The highest BCUT2D eigenvalue weighted by atomic mass is 32.2. The smallest absolute Gasteiger partial charge is 0.318 e. The maximum absolute atomic E-state index is 13.8. The van der Waals surface area contributed by atoms with Gasteiger partial charge in [-0.2, -0.15) is 4.31 Å². The molecule has 23 heavy (non-hydrogen) atoms. The Morgan fingerprint density at radius 1 is 1.43 bits per heavy atom. The van der Waals surface area contributed by atoms with E-state index in [9.17, 15) is 17.6 Å². The third-order valence-corrected chi connectivity index (χ3v) is 5.53. The molecule has 2 rings (SSSR count). The minimum absolute atomic E-state index is 0.344. The number of ether oxygens (including phenoxy) is 2. The van der Waals surface area contributed by atoms with Crippen LogP contribution < -0.4 is 4.74 Å². The largest absolute Gasteiger partial charge is 0.492 e. The highest BCUT2D eigenvalue weighted by Crippen LogP contribution is 2.31. The number of halogens is 1. The molecule has 0 spiro atoms. The molecule has 0 saturated carbocycles. The Morgan fingerprint density at radius 3 is 2.65 bits per heavy atom. The summed E-state index contributed by atoms with van der Waals surface area (Å²) in [4.78, 5) is 10.7. The molecule has 9 heteroatoms. The van der Waals surface area contributed by atoms with Crippen LogP contribution in [0.2, 0.25) is 0 Å². The number of hydrogen-bond donors (Lipinski definition) is 1.